The summed E-state index contributed by atoms with van der Waals surface area (Å²) in [5.74, 6) is -0.888. The lowest BCUT2D eigenvalue weighted by atomic mass is 9.77. The van der Waals surface area contributed by atoms with E-state index in [0.717, 1.165) is 23.0 Å². The highest BCUT2D eigenvalue weighted by molar-refractivity contribution is 6.56. The average molecular weight is 387 g/mol. The number of carboxylic acid groups (broad SMARTS) is 1. The van der Waals surface area contributed by atoms with Crippen LogP contribution in [-0.2, 0) is 25.3 Å². The van der Waals surface area contributed by atoms with Gasteiger partial charge >= 0.3 is 13.1 Å². The zero-order valence-electron chi connectivity index (χ0n) is 17.4. The standard InChI is InChI=1S/C21H30BNO5/c1-15(24)23-14-18(22-27-20(2,3)21(4,5)28-22)13-17-11-9-16(10-12-17)7-6-8-19(25)26/h9-13H,6-8,14H2,1-5H3,(H,23,24)(H,25,26). The topological polar surface area (TPSA) is 84.9 Å². The molecule has 1 aromatic rings. The molecular weight excluding hydrogens is 357 g/mol. The predicted octanol–water partition coefficient (Wildman–Crippen LogP) is 3.24. The average Bonchev–Trinajstić information content (AvgIpc) is 2.80. The molecule has 1 amide bonds. The first-order valence-electron chi connectivity index (χ1n) is 9.61. The highest BCUT2D eigenvalue weighted by Gasteiger charge is 2.52. The second-order valence-electron chi connectivity index (χ2n) is 8.21. The minimum atomic E-state index is -0.774. The number of amides is 1. The number of carboxylic acids is 1. The van der Waals surface area contributed by atoms with E-state index in [1.807, 2.05) is 58.0 Å². The third-order valence-electron chi connectivity index (χ3n) is 5.29. The maximum absolute atomic E-state index is 11.4. The molecule has 1 aromatic carbocycles. The quantitative estimate of drug-likeness (QED) is 0.669. The summed E-state index contributed by atoms with van der Waals surface area (Å²) in [6.45, 7) is 9.80. The summed E-state index contributed by atoms with van der Waals surface area (Å²) in [5, 5.41) is 11.6. The summed E-state index contributed by atoms with van der Waals surface area (Å²) in [7, 11) is -0.535. The summed E-state index contributed by atoms with van der Waals surface area (Å²) in [5.41, 5.74) is 1.99. The lowest BCUT2D eigenvalue weighted by molar-refractivity contribution is -0.137. The Hall–Kier alpha value is -2.12. The van der Waals surface area contributed by atoms with Gasteiger partial charge in [-0.2, -0.15) is 0 Å². The van der Waals surface area contributed by atoms with E-state index in [-0.39, 0.29) is 12.3 Å². The van der Waals surface area contributed by atoms with Crippen LogP contribution in [0.2, 0.25) is 0 Å². The van der Waals surface area contributed by atoms with Crippen LogP contribution in [-0.4, -0.2) is 41.8 Å². The molecule has 0 radical (unpaired) electrons. The van der Waals surface area contributed by atoms with Crippen LogP contribution in [0.25, 0.3) is 6.08 Å². The molecule has 0 atom stereocenters. The van der Waals surface area contributed by atoms with Gasteiger partial charge in [0, 0.05) is 19.9 Å². The first kappa shape index (κ1) is 22.2. The maximum Gasteiger partial charge on any atom is 0.492 e. The van der Waals surface area contributed by atoms with Crippen LogP contribution >= 0.6 is 0 Å². The number of benzene rings is 1. The van der Waals surface area contributed by atoms with Gasteiger partial charge in [-0.25, -0.2) is 0 Å². The molecule has 1 aliphatic rings. The lowest BCUT2D eigenvalue weighted by Gasteiger charge is -2.32. The largest absolute Gasteiger partial charge is 0.492 e. The summed E-state index contributed by atoms with van der Waals surface area (Å²) in [6, 6.07) is 7.95. The van der Waals surface area contributed by atoms with Gasteiger partial charge in [-0.3, -0.25) is 9.59 Å². The molecule has 0 aromatic heterocycles. The molecule has 0 bridgehead atoms. The molecule has 2 rings (SSSR count). The fourth-order valence-corrected chi connectivity index (χ4v) is 2.86. The minimum Gasteiger partial charge on any atom is -0.481 e. The van der Waals surface area contributed by atoms with E-state index < -0.39 is 24.3 Å². The van der Waals surface area contributed by atoms with Gasteiger partial charge in [0.2, 0.25) is 5.91 Å². The second-order valence-corrected chi connectivity index (χ2v) is 8.21. The van der Waals surface area contributed by atoms with Crippen molar-refractivity contribution >= 4 is 25.1 Å². The van der Waals surface area contributed by atoms with E-state index in [9.17, 15) is 9.59 Å². The molecular formula is C21H30BNO5. The monoisotopic (exact) mass is 387 g/mol. The number of aryl methyl sites for hydroxylation is 1. The first-order chi connectivity index (χ1) is 13.0. The van der Waals surface area contributed by atoms with Gasteiger partial charge in [0.25, 0.3) is 0 Å². The van der Waals surface area contributed by atoms with Crippen molar-refractivity contribution in [2.24, 2.45) is 0 Å². The van der Waals surface area contributed by atoms with E-state index in [4.69, 9.17) is 14.4 Å². The molecule has 0 aliphatic carbocycles. The van der Waals surface area contributed by atoms with Gasteiger partial charge < -0.3 is 19.7 Å². The van der Waals surface area contributed by atoms with Crippen molar-refractivity contribution in [3.8, 4) is 0 Å². The summed E-state index contributed by atoms with van der Waals surface area (Å²) in [6.07, 6.45) is 3.49. The molecule has 1 saturated heterocycles. The molecule has 28 heavy (non-hydrogen) atoms. The van der Waals surface area contributed by atoms with Crippen molar-refractivity contribution in [2.75, 3.05) is 6.54 Å². The smallest absolute Gasteiger partial charge is 0.481 e. The number of carbonyl (C=O) groups excluding carboxylic acids is 1. The Morgan fingerprint density at radius 2 is 1.68 bits per heavy atom. The number of aliphatic carboxylic acids is 1. The second kappa shape index (κ2) is 8.92. The van der Waals surface area contributed by atoms with E-state index in [1.165, 1.54) is 6.92 Å². The molecule has 1 fully saturated rings. The Morgan fingerprint density at radius 3 is 2.18 bits per heavy atom. The van der Waals surface area contributed by atoms with Crippen LogP contribution in [0, 0.1) is 0 Å². The number of hydrogen-bond acceptors (Lipinski definition) is 4. The Morgan fingerprint density at radius 1 is 1.11 bits per heavy atom. The van der Waals surface area contributed by atoms with Gasteiger partial charge in [0.15, 0.2) is 0 Å². The highest BCUT2D eigenvalue weighted by Crippen LogP contribution is 2.38. The molecule has 1 aliphatic heterocycles. The number of rotatable bonds is 8. The third-order valence-corrected chi connectivity index (χ3v) is 5.29. The van der Waals surface area contributed by atoms with Crippen LogP contribution in [0.5, 0.6) is 0 Å². The summed E-state index contributed by atoms with van der Waals surface area (Å²) >= 11 is 0. The van der Waals surface area contributed by atoms with Gasteiger partial charge in [0.05, 0.1) is 11.2 Å². The normalized spacial score (nSPS) is 18.2. The van der Waals surface area contributed by atoms with Crippen molar-refractivity contribution in [1.29, 1.82) is 0 Å². The SMILES string of the molecule is CC(=O)NCC(=Cc1ccc(CCCC(=O)O)cc1)B1OC(C)(C)C(C)(C)O1. The van der Waals surface area contributed by atoms with Crippen LogP contribution in [0.1, 0.15) is 58.6 Å². The van der Waals surface area contributed by atoms with Crippen molar-refractivity contribution in [1.82, 2.24) is 5.32 Å². The lowest BCUT2D eigenvalue weighted by Crippen LogP contribution is -2.41. The minimum absolute atomic E-state index is 0.115. The summed E-state index contributed by atoms with van der Waals surface area (Å²) < 4.78 is 12.3. The Kier molecular flexibility index (Phi) is 7.07. The Bertz CT molecular complexity index is 724. The van der Waals surface area contributed by atoms with Crippen LogP contribution < -0.4 is 5.32 Å². The molecule has 0 saturated carbocycles. The molecule has 6 nitrogen and oxygen atoms in total. The van der Waals surface area contributed by atoms with E-state index >= 15 is 0 Å². The molecule has 1 heterocycles. The Labute approximate surface area is 167 Å². The fraction of sp³-hybridized carbons (Fsp3) is 0.524. The van der Waals surface area contributed by atoms with Gasteiger partial charge in [0.1, 0.15) is 0 Å². The maximum atomic E-state index is 11.4. The predicted molar refractivity (Wildman–Crippen MR) is 110 cm³/mol. The Balaban J connectivity index is 2.15. The van der Waals surface area contributed by atoms with E-state index in [0.29, 0.717) is 13.0 Å². The molecule has 7 heteroatoms. The van der Waals surface area contributed by atoms with Crippen molar-refractivity contribution in [3.05, 3.63) is 40.9 Å². The number of hydrogen-bond donors (Lipinski definition) is 2. The fourth-order valence-electron chi connectivity index (χ4n) is 2.86. The third kappa shape index (κ3) is 5.94. The highest BCUT2D eigenvalue weighted by atomic mass is 16.7. The molecule has 0 unspecified atom stereocenters. The van der Waals surface area contributed by atoms with Gasteiger partial charge in [-0.15, -0.1) is 0 Å². The summed E-state index contributed by atoms with van der Waals surface area (Å²) in [4.78, 5) is 22.0. The van der Waals surface area contributed by atoms with Crippen molar-refractivity contribution < 1.29 is 24.0 Å². The van der Waals surface area contributed by atoms with E-state index in [1.54, 1.807) is 0 Å². The van der Waals surface area contributed by atoms with Crippen LogP contribution in [0.4, 0.5) is 0 Å². The van der Waals surface area contributed by atoms with Gasteiger partial charge in [-0.1, -0.05) is 30.3 Å². The number of nitrogens with one attached hydrogen (secondary N) is 1. The number of carbonyl (C=O) groups is 2. The van der Waals surface area contributed by atoms with Crippen LogP contribution in [0.3, 0.4) is 0 Å². The van der Waals surface area contributed by atoms with Crippen molar-refractivity contribution in [2.45, 2.75) is 65.1 Å². The van der Waals surface area contributed by atoms with Crippen LogP contribution in [0.15, 0.2) is 29.7 Å². The molecule has 2 N–H and O–H groups in total. The van der Waals surface area contributed by atoms with Crippen molar-refractivity contribution in [3.63, 3.8) is 0 Å². The first-order valence-corrected chi connectivity index (χ1v) is 9.61. The van der Waals surface area contributed by atoms with Gasteiger partial charge in [-0.05, 0) is 57.1 Å². The zero-order chi connectivity index (χ0) is 20.9. The zero-order valence-corrected chi connectivity index (χ0v) is 17.4. The molecule has 0 spiro atoms. The molecule has 152 valence electrons. The van der Waals surface area contributed by atoms with E-state index in [2.05, 4.69) is 5.32 Å².